The van der Waals surface area contributed by atoms with E-state index in [0.717, 1.165) is 32.3 Å². The summed E-state index contributed by atoms with van der Waals surface area (Å²) in [6.45, 7) is 8.99. The second-order valence-electron chi connectivity index (χ2n) is 11.6. The van der Waals surface area contributed by atoms with Crippen LogP contribution in [0.15, 0.2) is 106 Å². The quantitative estimate of drug-likeness (QED) is 0.179. The highest BCUT2D eigenvalue weighted by Gasteiger charge is 2.35. The van der Waals surface area contributed by atoms with E-state index in [4.69, 9.17) is 0 Å². The molecule has 4 aromatic carbocycles. The second kappa shape index (κ2) is 14.9. The zero-order chi connectivity index (χ0) is 32.7. The highest BCUT2D eigenvalue weighted by molar-refractivity contribution is 9.10. The molecule has 1 N–H and O–H groups in total. The Kier molecular flexibility index (Phi) is 11.2. The van der Waals surface area contributed by atoms with Gasteiger partial charge in [-0.3, -0.25) is 13.9 Å². The number of carbonyl (C=O) groups is 2. The maximum atomic E-state index is 14.6. The monoisotopic (exact) mass is 689 g/mol. The molecule has 0 radical (unpaired) electrons. The minimum absolute atomic E-state index is 0.0822. The molecule has 7 nitrogen and oxygen atoms in total. The van der Waals surface area contributed by atoms with E-state index in [-0.39, 0.29) is 29.8 Å². The Morgan fingerprint density at radius 3 is 2.11 bits per heavy atom. The predicted octanol–water partition coefficient (Wildman–Crippen LogP) is 6.73. The van der Waals surface area contributed by atoms with E-state index in [9.17, 15) is 18.0 Å². The largest absolute Gasteiger partial charge is 0.352 e. The first kappa shape index (κ1) is 33.9. The number of halogens is 1. The molecule has 0 saturated heterocycles. The Hall–Kier alpha value is -3.95. The molecule has 2 amide bonds. The molecule has 0 aromatic heterocycles. The molecule has 0 saturated carbocycles. The summed E-state index contributed by atoms with van der Waals surface area (Å²) in [7, 11) is -4.16. The van der Waals surface area contributed by atoms with Crippen molar-refractivity contribution in [3.63, 3.8) is 0 Å². The van der Waals surface area contributed by atoms with Crippen molar-refractivity contribution in [3.8, 4) is 0 Å². The van der Waals surface area contributed by atoms with Crippen LogP contribution in [0, 0.1) is 20.8 Å². The number of benzene rings is 4. The van der Waals surface area contributed by atoms with E-state index in [0.29, 0.717) is 5.69 Å². The fourth-order valence-corrected chi connectivity index (χ4v) is 7.04. The number of rotatable bonds is 12. The highest BCUT2D eigenvalue weighted by atomic mass is 79.9. The van der Waals surface area contributed by atoms with Crippen LogP contribution in [0.2, 0.25) is 0 Å². The first-order chi connectivity index (χ1) is 21.4. The van der Waals surface area contributed by atoms with E-state index < -0.39 is 28.5 Å². The highest BCUT2D eigenvalue weighted by Crippen LogP contribution is 2.29. The molecule has 1 unspecified atom stereocenters. The number of carbonyl (C=O) groups excluding carboxylic acids is 2. The van der Waals surface area contributed by atoms with Crippen LogP contribution in [-0.2, 0) is 32.6 Å². The molecule has 0 aliphatic heterocycles. The summed E-state index contributed by atoms with van der Waals surface area (Å²) in [4.78, 5) is 30.0. The maximum Gasteiger partial charge on any atom is 0.264 e. The fraction of sp³-hybridized carbons (Fsp3) is 0.278. The number of aryl methyl sites for hydroxylation is 2. The lowest BCUT2D eigenvalue weighted by Gasteiger charge is -2.34. The molecular weight excluding hydrogens is 650 g/mol. The van der Waals surface area contributed by atoms with Crippen molar-refractivity contribution in [1.29, 1.82) is 0 Å². The summed E-state index contributed by atoms with van der Waals surface area (Å²) < 4.78 is 30.6. The van der Waals surface area contributed by atoms with Crippen LogP contribution < -0.4 is 9.62 Å². The average Bonchev–Trinajstić information content (AvgIpc) is 2.99. The Morgan fingerprint density at radius 1 is 0.822 bits per heavy atom. The van der Waals surface area contributed by atoms with Crippen molar-refractivity contribution in [1.82, 2.24) is 10.2 Å². The number of sulfonamides is 1. The van der Waals surface area contributed by atoms with Crippen molar-refractivity contribution in [2.24, 2.45) is 0 Å². The second-order valence-corrected chi connectivity index (χ2v) is 14.3. The third-order valence-corrected chi connectivity index (χ3v) is 9.94. The van der Waals surface area contributed by atoms with E-state index in [1.807, 2.05) is 95.3 Å². The van der Waals surface area contributed by atoms with Crippen LogP contribution in [0.25, 0.3) is 0 Å². The lowest BCUT2D eigenvalue weighted by atomic mass is 10.0. The summed E-state index contributed by atoms with van der Waals surface area (Å²) in [5.74, 6) is -0.803. The molecule has 0 bridgehead atoms. The normalized spacial score (nSPS) is 12.1. The van der Waals surface area contributed by atoms with Crippen molar-refractivity contribution in [3.05, 3.63) is 129 Å². The van der Waals surface area contributed by atoms with Gasteiger partial charge in [-0.15, -0.1) is 0 Å². The molecule has 0 aliphatic rings. The van der Waals surface area contributed by atoms with E-state index in [2.05, 4.69) is 21.2 Å². The number of hydrogen-bond acceptors (Lipinski definition) is 4. The van der Waals surface area contributed by atoms with Crippen LogP contribution in [0.4, 0.5) is 5.69 Å². The van der Waals surface area contributed by atoms with Crippen LogP contribution >= 0.6 is 15.9 Å². The van der Waals surface area contributed by atoms with E-state index in [1.54, 1.807) is 36.4 Å². The van der Waals surface area contributed by atoms with Crippen LogP contribution in [0.3, 0.4) is 0 Å². The van der Waals surface area contributed by atoms with Gasteiger partial charge in [0.1, 0.15) is 12.6 Å². The number of nitrogens with zero attached hydrogens (tertiary/aromatic N) is 2. The molecule has 236 valence electrons. The molecule has 0 aliphatic carbocycles. The fourth-order valence-electron chi connectivity index (χ4n) is 5.12. The third kappa shape index (κ3) is 8.61. The number of hydrogen-bond donors (Lipinski definition) is 1. The molecule has 1 atom stereocenters. The smallest absolute Gasteiger partial charge is 0.264 e. The number of nitrogens with one attached hydrogen (secondary N) is 1. The number of anilines is 1. The first-order valence-electron chi connectivity index (χ1n) is 14.9. The van der Waals surface area contributed by atoms with Crippen molar-refractivity contribution in [2.45, 2.75) is 64.6 Å². The average molecular weight is 691 g/mol. The van der Waals surface area contributed by atoms with Gasteiger partial charge in [0.15, 0.2) is 0 Å². The lowest BCUT2D eigenvalue weighted by Crippen LogP contribution is -2.54. The Labute approximate surface area is 275 Å². The van der Waals surface area contributed by atoms with Gasteiger partial charge in [0, 0.05) is 23.5 Å². The van der Waals surface area contributed by atoms with Gasteiger partial charge in [0.2, 0.25) is 11.8 Å². The van der Waals surface area contributed by atoms with Crippen molar-refractivity contribution in [2.75, 3.05) is 10.8 Å². The molecule has 0 spiro atoms. The van der Waals surface area contributed by atoms with E-state index in [1.165, 1.54) is 9.21 Å². The van der Waals surface area contributed by atoms with Crippen LogP contribution in [0.5, 0.6) is 0 Å². The zero-order valence-electron chi connectivity index (χ0n) is 26.3. The van der Waals surface area contributed by atoms with Gasteiger partial charge in [-0.2, -0.15) is 0 Å². The Bertz CT molecular complexity index is 1740. The standard InChI is InChI=1S/C36H40BrN3O4S/c1-25(2)38-36(42)34(22-29-12-7-6-8-13-29)39(23-30-14-10-15-31(37)21-30)35(41)24-40(33-16-9-11-27(4)28(33)5)45(43,44)32-19-17-26(3)18-20-32/h6-21,25,34H,22-24H2,1-5H3,(H,38,42). The third-order valence-electron chi connectivity index (χ3n) is 7.68. The summed E-state index contributed by atoms with van der Waals surface area (Å²) in [6.07, 6.45) is 0.257. The van der Waals surface area contributed by atoms with Crippen LogP contribution in [-0.4, -0.2) is 43.8 Å². The summed E-state index contributed by atoms with van der Waals surface area (Å²) in [5, 5.41) is 2.98. The van der Waals surface area contributed by atoms with Gasteiger partial charge in [0.25, 0.3) is 10.0 Å². The molecular formula is C36H40BrN3O4S. The van der Waals surface area contributed by atoms with Gasteiger partial charge >= 0.3 is 0 Å². The van der Waals surface area contributed by atoms with Gasteiger partial charge in [-0.1, -0.05) is 88.2 Å². The summed E-state index contributed by atoms with van der Waals surface area (Å²) in [6, 6.07) is 28.0. The van der Waals surface area contributed by atoms with Crippen molar-refractivity contribution < 1.29 is 18.0 Å². The molecule has 4 aromatic rings. The van der Waals surface area contributed by atoms with Crippen LogP contribution in [0.1, 0.15) is 41.7 Å². The molecule has 4 rings (SSSR count). The Balaban J connectivity index is 1.84. The van der Waals surface area contributed by atoms with Gasteiger partial charge in [-0.25, -0.2) is 8.42 Å². The van der Waals surface area contributed by atoms with Crippen molar-refractivity contribution >= 4 is 43.5 Å². The zero-order valence-corrected chi connectivity index (χ0v) is 28.7. The minimum Gasteiger partial charge on any atom is -0.352 e. The molecule has 9 heteroatoms. The topological polar surface area (TPSA) is 86.8 Å². The van der Waals surface area contributed by atoms with Gasteiger partial charge < -0.3 is 10.2 Å². The van der Waals surface area contributed by atoms with Gasteiger partial charge in [-0.05, 0) is 87.2 Å². The van der Waals surface area contributed by atoms with E-state index >= 15 is 0 Å². The molecule has 0 fully saturated rings. The SMILES string of the molecule is Cc1ccc(S(=O)(=O)N(CC(=O)N(Cc2cccc(Br)c2)C(Cc2ccccc2)C(=O)NC(C)C)c2cccc(C)c2C)cc1. The summed E-state index contributed by atoms with van der Waals surface area (Å²) in [5.41, 5.74) is 4.66. The molecule has 0 heterocycles. The first-order valence-corrected chi connectivity index (χ1v) is 17.1. The lowest BCUT2D eigenvalue weighted by molar-refractivity contribution is -0.140. The Morgan fingerprint density at radius 2 is 1.47 bits per heavy atom. The minimum atomic E-state index is -4.16. The number of amides is 2. The maximum absolute atomic E-state index is 14.6. The van der Waals surface area contributed by atoms with Gasteiger partial charge in [0.05, 0.1) is 10.6 Å². The predicted molar refractivity (Wildman–Crippen MR) is 184 cm³/mol. The molecule has 45 heavy (non-hydrogen) atoms. The summed E-state index contributed by atoms with van der Waals surface area (Å²) >= 11 is 3.51.